The number of fused-ring (bicyclic) bond motifs is 4. The fourth-order valence-electron chi connectivity index (χ4n) is 8.38. The molecule has 4 atom stereocenters. The molecule has 4 heterocycles. The van der Waals surface area contributed by atoms with E-state index >= 15 is 8.78 Å². The van der Waals surface area contributed by atoms with E-state index in [2.05, 4.69) is 32.9 Å². The summed E-state index contributed by atoms with van der Waals surface area (Å²) in [4.78, 5) is 23.3. The summed E-state index contributed by atoms with van der Waals surface area (Å²) in [7, 11) is -0.886. The molecule has 2 aromatic carbocycles. The van der Waals surface area contributed by atoms with E-state index in [0.29, 0.717) is 43.5 Å². The second-order valence-electron chi connectivity index (χ2n) is 16.2. The van der Waals surface area contributed by atoms with Gasteiger partial charge in [0.2, 0.25) is 0 Å². The third-order valence-electron chi connectivity index (χ3n) is 11.1. The van der Waals surface area contributed by atoms with E-state index < -0.39 is 86.9 Å². The van der Waals surface area contributed by atoms with Gasteiger partial charge in [0.25, 0.3) is 12.3 Å². The number of alkyl halides is 4. The number of carbonyl (C=O) groups is 1. The number of Topliss-reactive ketones (excluding diaryl/α,β-unsaturated/α-hetero) is 1. The second kappa shape index (κ2) is 14.9. The molecule has 0 spiro atoms. The Labute approximate surface area is 346 Å². The van der Waals surface area contributed by atoms with Crippen LogP contribution in [0.5, 0.6) is 0 Å². The summed E-state index contributed by atoms with van der Waals surface area (Å²) < 4.78 is 106. The van der Waals surface area contributed by atoms with Crippen LogP contribution >= 0.6 is 11.6 Å². The van der Waals surface area contributed by atoms with E-state index in [1.54, 1.807) is 59.3 Å². The maximum absolute atomic E-state index is 15.5. The summed E-state index contributed by atoms with van der Waals surface area (Å²) in [5.41, 5.74) is 0.273. The van der Waals surface area contributed by atoms with E-state index in [9.17, 15) is 26.6 Å². The molecule has 6 aromatic rings. The van der Waals surface area contributed by atoms with Crippen LogP contribution in [0.2, 0.25) is 5.02 Å². The van der Waals surface area contributed by atoms with Gasteiger partial charge in [-0.2, -0.15) is 19.0 Å². The number of halogens is 7. The molecule has 4 aromatic heterocycles. The third-order valence-corrected chi connectivity index (χ3v) is 12.3. The van der Waals surface area contributed by atoms with Crippen molar-refractivity contribution in [2.24, 2.45) is 13.0 Å². The van der Waals surface area contributed by atoms with Crippen molar-refractivity contribution in [3.05, 3.63) is 117 Å². The van der Waals surface area contributed by atoms with Crippen molar-refractivity contribution < 1.29 is 35.3 Å². The van der Waals surface area contributed by atoms with Gasteiger partial charge in [0.15, 0.2) is 5.78 Å². The Kier molecular flexibility index (Phi) is 10.3. The van der Waals surface area contributed by atoms with Crippen LogP contribution in [0.1, 0.15) is 84.5 Å². The van der Waals surface area contributed by atoms with Crippen LogP contribution in [-0.2, 0) is 51.5 Å². The molecule has 0 bridgehead atoms. The van der Waals surface area contributed by atoms with E-state index in [4.69, 9.17) is 16.6 Å². The molecule has 0 N–H and O–H groups in total. The first-order valence-corrected chi connectivity index (χ1v) is 21.6. The highest BCUT2D eigenvalue weighted by molar-refractivity contribution is 7.98. The minimum atomic E-state index is -3.45. The molecule has 9 nitrogen and oxygen atoms in total. The fraction of sp³-hybridized carbons (Fsp3) is 0.349. The number of ketones is 1. The molecule has 8 rings (SSSR count). The first kappa shape index (κ1) is 41.3. The topological polar surface area (TPSA) is 100 Å². The van der Waals surface area contributed by atoms with Gasteiger partial charge in [0, 0.05) is 72.1 Å². The van der Waals surface area contributed by atoms with E-state index in [1.807, 2.05) is 13.8 Å². The summed E-state index contributed by atoms with van der Waals surface area (Å²) >= 11 is 6.76. The van der Waals surface area contributed by atoms with Crippen molar-refractivity contribution in [1.29, 1.82) is 0 Å². The summed E-state index contributed by atoms with van der Waals surface area (Å²) in [6, 6.07) is 9.73. The summed E-state index contributed by atoms with van der Waals surface area (Å²) in [5, 5.41) is 9.31. The molecule has 1 fully saturated rings. The predicted octanol–water partition coefficient (Wildman–Crippen LogP) is 8.73. The smallest absolute Gasteiger partial charge is 0.293 e. The Morgan fingerprint density at radius 2 is 1.80 bits per heavy atom. The SMILES string of the molecule is C=S(C)(=O)Cc1nn(C)c2c(-c3ccc(C#CC(C)(C)n4ccnc4)nc3[C@@H](CC(=O)Cn3nc(C(F)F)c4c3C(F)(F)[C@@H]3C[C@H]43)Cc3cc(F)cc(F)c3)ccc(Cl)c12. The van der Waals surface area contributed by atoms with Crippen LogP contribution in [0.25, 0.3) is 22.0 Å². The van der Waals surface area contributed by atoms with E-state index in [1.165, 1.54) is 6.26 Å². The van der Waals surface area contributed by atoms with Crippen molar-refractivity contribution in [2.75, 3.05) is 6.26 Å². The summed E-state index contributed by atoms with van der Waals surface area (Å²) in [6.45, 7) is 2.99. The van der Waals surface area contributed by atoms with Crippen molar-refractivity contribution in [2.45, 2.75) is 75.1 Å². The van der Waals surface area contributed by atoms with Gasteiger partial charge in [0.05, 0.1) is 34.0 Å². The second-order valence-corrected chi connectivity index (χ2v) is 19.3. The van der Waals surface area contributed by atoms with Gasteiger partial charge in [-0.1, -0.05) is 23.6 Å². The third kappa shape index (κ3) is 7.73. The number of pyridine rings is 1. The van der Waals surface area contributed by atoms with Crippen molar-refractivity contribution >= 4 is 43.7 Å². The zero-order valence-corrected chi connectivity index (χ0v) is 34.4. The van der Waals surface area contributed by atoms with Crippen molar-refractivity contribution in [3.63, 3.8) is 0 Å². The molecule has 0 radical (unpaired) electrons. The Balaban J connectivity index is 1.29. The number of carbonyl (C=O) groups excluding carboxylic acids is 1. The monoisotopic (exact) mass is 865 g/mol. The highest BCUT2D eigenvalue weighted by atomic mass is 35.5. The molecular formula is C43H38ClF6N7O2S. The first-order chi connectivity index (χ1) is 28.2. The average Bonchev–Trinajstić information content (AvgIpc) is 3.41. The molecule has 60 heavy (non-hydrogen) atoms. The number of hydrogen-bond acceptors (Lipinski definition) is 6. The number of nitrogens with zero attached hydrogens (tertiary/aromatic N) is 7. The van der Waals surface area contributed by atoms with Gasteiger partial charge in [0.1, 0.15) is 40.8 Å². The van der Waals surface area contributed by atoms with Gasteiger partial charge in [-0.15, -0.1) is 0 Å². The molecule has 312 valence electrons. The number of aryl methyl sites for hydroxylation is 1. The van der Waals surface area contributed by atoms with Crippen molar-refractivity contribution in [1.82, 2.24) is 34.1 Å². The Hall–Kier alpha value is -5.40. The highest BCUT2D eigenvalue weighted by Crippen LogP contribution is 2.68. The molecule has 2 aliphatic rings. The molecule has 1 unspecified atom stereocenters. The summed E-state index contributed by atoms with van der Waals surface area (Å²) in [5.74, 6) is 1.39. The zero-order chi connectivity index (χ0) is 43.1. The van der Waals surface area contributed by atoms with Crippen LogP contribution in [0.4, 0.5) is 26.3 Å². The largest absolute Gasteiger partial charge is 0.321 e. The standard InChI is InChI=1S/C43H38ClF6N7O2S/c1-42(2,56-13-12-51-22-56)11-10-27-6-7-29(30-8-9-33(44)36-34(21-60(4,5)59)53-55(3)39(30)36)37(52-27)24(14-23-15-25(45)18-26(46)16-23)17-28(58)20-57-40-35(38(54-57)41(47)48)31-19-32(31)43(40,49)50/h6-9,12-13,15-16,18,22,24,31-32,41H,4,14,17,19-21H2,1-3,5H3/t24-,31+,32-,60?/m1/s1. The van der Waals surface area contributed by atoms with Gasteiger partial charge < -0.3 is 4.57 Å². The lowest BCUT2D eigenvalue weighted by molar-refractivity contribution is -0.120. The quantitative estimate of drug-likeness (QED) is 0.0694. The summed E-state index contributed by atoms with van der Waals surface area (Å²) in [6.07, 6.45) is 2.84. The van der Waals surface area contributed by atoms with E-state index in [-0.39, 0.29) is 41.1 Å². The van der Waals surface area contributed by atoms with E-state index in [0.717, 1.165) is 12.1 Å². The maximum Gasteiger partial charge on any atom is 0.293 e. The maximum atomic E-state index is 15.5. The predicted molar refractivity (Wildman–Crippen MR) is 217 cm³/mol. The molecule has 0 saturated heterocycles. The van der Waals surface area contributed by atoms with Crippen LogP contribution in [0.3, 0.4) is 0 Å². The molecular weight excluding hydrogens is 828 g/mol. The van der Waals surface area contributed by atoms with Crippen molar-refractivity contribution in [3.8, 4) is 23.0 Å². The molecule has 0 amide bonds. The van der Waals surface area contributed by atoms with Gasteiger partial charge in [-0.05, 0) is 89.8 Å². The number of aromatic nitrogens is 7. The average molecular weight is 866 g/mol. The van der Waals surface area contributed by atoms with Crippen LogP contribution < -0.4 is 0 Å². The minimum absolute atomic E-state index is 0.0209. The highest BCUT2D eigenvalue weighted by Gasteiger charge is 2.67. The van der Waals surface area contributed by atoms with Crippen LogP contribution in [0.15, 0.2) is 61.2 Å². The zero-order valence-electron chi connectivity index (χ0n) is 32.8. The lowest BCUT2D eigenvalue weighted by atomic mass is 9.86. The van der Waals surface area contributed by atoms with Gasteiger partial charge >= 0.3 is 0 Å². The van der Waals surface area contributed by atoms with Gasteiger partial charge in [-0.3, -0.25) is 18.4 Å². The van der Waals surface area contributed by atoms with Gasteiger partial charge in [-0.25, -0.2) is 27.5 Å². The Morgan fingerprint density at radius 1 is 1.08 bits per heavy atom. The van der Waals surface area contributed by atoms with Crippen LogP contribution in [-0.4, -0.2) is 56.2 Å². The number of hydrogen-bond donors (Lipinski definition) is 0. The van der Waals surface area contributed by atoms with Crippen LogP contribution in [0, 0.1) is 29.4 Å². The normalized spacial score (nSPS) is 18.2. The lowest BCUT2D eigenvalue weighted by Crippen LogP contribution is -2.24. The molecule has 17 heteroatoms. The lowest BCUT2D eigenvalue weighted by Gasteiger charge is -2.22. The Morgan fingerprint density at radius 3 is 2.47 bits per heavy atom. The molecule has 2 aliphatic carbocycles. The number of rotatable bonds is 12. The fourth-order valence-corrected chi connectivity index (χ4v) is 9.43. The molecule has 0 aliphatic heterocycles. The number of benzene rings is 2. The Bertz CT molecular complexity index is 2860. The minimum Gasteiger partial charge on any atom is -0.321 e. The molecule has 1 saturated carbocycles. The first-order valence-electron chi connectivity index (χ1n) is 18.9. The number of imidazole rings is 1.